The number of carbonyl (C=O) groups is 2. The summed E-state index contributed by atoms with van der Waals surface area (Å²) in [4.78, 5) is 35.4. The summed E-state index contributed by atoms with van der Waals surface area (Å²) < 4.78 is 5.71. The van der Waals surface area contributed by atoms with Crippen LogP contribution in [0, 0.1) is 5.92 Å². The number of aromatic amines is 1. The van der Waals surface area contributed by atoms with Gasteiger partial charge in [-0.15, -0.1) is 0 Å². The number of nitrogens with zero attached hydrogens (tertiary/aromatic N) is 2. The smallest absolute Gasteiger partial charge is 0.302 e. The molecule has 36 heavy (non-hydrogen) atoms. The van der Waals surface area contributed by atoms with Crippen LogP contribution in [0.25, 0.3) is 16.8 Å². The topological polar surface area (TPSA) is 116 Å². The number of para-hydroxylation sites is 2. The quantitative estimate of drug-likeness (QED) is 0.203. The molecule has 1 unspecified atom stereocenters. The number of aliphatic hydroxyl groups excluding tert-OH is 1. The molecule has 0 spiro atoms. The summed E-state index contributed by atoms with van der Waals surface area (Å²) in [5.74, 6) is -0.877. The van der Waals surface area contributed by atoms with Crippen molar-refractivity contribution in [1.82, 2.24) is 9.97 Å². The molecular weight excluding hydrogens is 458 g/mol. The number of aliphatic hydroxyl groups is 1. The molecule has 0 radical (unpaired) electrons. The van der Waals surface area contributed by atoms with E-state index < -0.39 is 17.7 Å². The molecule has 3 aromatic carbocycles. The molecule has 1 atom stereocenters. The van der Waals surface area contributed by atoms with Gasteiger partial charge in [0.1, 0.15) is 17.3 Å². The molecule has 1 saturated heterocycles. The Morgan fingerprint density at radius 2 is 1.81 bits per heavy atom. The van der Waals surface area contributed by atoms with Gasteiger partial charge in [-0.2, -0.15) is 0 Å². The van der Waals surface area contributed by atoms with E-state index in [-0.39, 0.29) is 23.0 Å². The number of ketones is 1. The van der Waals surface area contributed by atoms with Crippen LogP contribution in [0.15, 0.2) is 78.4 Å². The van der Waals surface area contributed by atoms with Crippen molar-refractivity contribution in [3.8, 4) is 11.5 Å². The third-order valence-corrected chi connectivity index (χ3v) is 5.95. The van der Waals surface area contributed by atoms with Gasteiger partial charge in [-0.05, 0) is 60.0 Å². The maximum absolute atomic E-state index is 13.3. The van der Waals surface area contributed by atoms with Gasteiger partial charge in [0.2, 0.25) is 5.95 Å². The fraction of sp³-hybridized carbons (Fsp3) is 0.179. The van der Waals surface area contributed by atoms with Gasteiger partial charge in [0, 0.05) is 5.56 Å². The van der Waals surface area contributed by atoms with Crippen molar-refractivity contribution in [2.45, 2.75) is 19.9 Å². The lowest BCUT2D eigenvalue weighted by Gasteiger charge is -2.23. The first-order valence-corrected chi connectivity index (χ1v) is 11.6. The lowest BCUT2D eigenvalue weighted by Crippen LogP contribution is -2.30. The molecule has 8 heteroatoms. The summed E-state index contributed by atoms with van der Waals surface area (Å²) >= 11 is 0. The molecular formula is C28H25N3O5. The second-order valence-electron chi connectivity index (χ2n) is 9.07. The van der Waals surface area contributed by atoms with Crippen LogP contribution in [0.5, 0.6) is 11.5 Å². The summed E-state index contributed by atoms with van der Waals surface area (Å²) in [6, 6.07) is 19.2. The van der Waals surface area contributed by atoms with E-state index in [2.05, 4.69) is 9.97 Å². The van der Waals surface area contributed by atoms with Gasteiger partial charge < -0.3 is 19.9 Å². The Bertz CT molecular complexity index is 1450. The van der Waals surface area contributed by atoms with Gasteiger partial charge in [0.25, 0.3) is 5.78 Å². The molecule has 0 saturated carbocycles. The van der Waals surface area contributed by atoms with E-state index in [1.165, 1.54) is 17.0 Å². The zero-order valence-corrected chi connectivity index (χ0v) is 19.8. The number of Topliss-reactive ketones (excluding diaryl/α,β-unsaturated/α-hetero) is 1. The number of amides is 1. The minimum Gasteiger partial charge on any atom is -0.508 e. The average Bonchev–Trinajstić information content (AvgIpc) is 3.41. The van der Waals surface area contributed by atoms with Crippen LogP contribution in [-0.4, -0.2) is 38.5 Å². The zero-order valence-electron chi connectivity index (χ0n) is 19.8. The summed E-state index contributed by atoms with van der Waals surface area (Å²) in [7, 11) is 0. The molecule has 182 valence electrons. The molecule has 5 rings (SSSR count). The third-order valence-electron chi connectivity index (χ3n) is 5.95. The molecule has 8 nitrogen and oxygen atoms in total. The number of hydrogen-bond acceptors (Lipinski definition) is 6. The van der Waals surface area contributed by atoms with Crippen molar-refractivity contribution in [2.24, 2.45) is 5.92 Å². The molecule has 3 N–H and O–H groups in total. The lowest BCUT2D eigenvalue weighted by molar-refractivity contribution is -0.132. The number of fused-ring (bicyclic) bond motifs is 1. The standard InChI is InChI=1S/C28H25N3O5/c1-16(2)15-36-20-12-10-17(11-13-20)25(33)23-24(18-6-5-7-19(32)14-18)31(27(35)26(23)34)28-29-21-8-3-4-9-22(21)30-28/h3-14,16,24,32-33H,15H2,1-2H3,(H,29,30)/b25-23+. The van der Waals surface area contributed by atoms with Crippen molar-refractivity contribution in [1.29, 1.82) is 0 Å². The van der Waals surface area contributed by atoms with Crippen molar-refractivity contribution in [3.63, 3.8) is 0 Å². The first kappa shape index (κ1) is 23.2. The first-order valence-electron chi connectivity index (χ1n) is 11.6. The number of H-pyrrole nitrogens is 1. The van der Waals surface area contributed by atoms with Crippen molar-refractivity contribution in [2.75, 3.05) is 11.5 Å². The van der Waals surface area contributed by atoms with Crippen molar-refractivity contribution >= 4 is 34.4 Å². The molecule has 1 aliphatic rings. The van der Waals surface area contributed by atoms with Crippen LogP contribution in [0.2, 0.25) is 0 Å². The van der Waals surface area contributed by atoms with Crippen molar-refractivity contribution in [3.05, 3.63) is 89.5 Å². The lowest BCUT2D eigenvalue weighted by atomic mass is 9.95. The Morgan fingerprint density at radius 1 is 1.06 bits per heavy atom. The minimum atomic E-state index is -1.01. The largest absolute Gasteiger partial charge is 0.508 e. The highest BCUT2D eigenvalue weighted by molar-refractivity contribution is 6.51. The Hall–Kier alpha value is -4.59. The fourth-order valence-electron chi connectivity index (χ4n) is 4.24. The third kappa shape index (κ3) is 4.17. The normalized spacial score (nSPS) is 17.3. The highest BCUT2D eigenvalue weighted by atomic mass is 16.5. The van der Waals surface area contributed by atoms with Crippen LogP contribution >= 0.6 is 0 Å². The van der Waals surface area contributed by atoms with Crippen LogP contribution in [-0.2, 0) is 9.59 Å². The minimum absolute atomic E-state index is 0.0330. The summed E-state index contributed by atoms with van der Waals surface area (Å²) in [6.07, 6.45) is 0. The number of imidazole rings is 1. The summed E-state index contributed by atoms with van der Waals surface area (Å²) in [5.41, 5.74) is 2.04. The second-order valence-corrected chi connectivity index (χ2v) is 9.07. The Kier molecular flexibility index (Phi) is 5.93. The number of hydrogen-bond donors (Lipinski definition) is 3. The number of rotatable bonds is 6. The molecule has 1 amide bonds. The number of phenolic OH excluding ortho intramolecular Hbond substituents is 1. The predicted octanol–water partition coefficient (Wildman–Crippen LogP) is 4.93. The molecule has 1 fully saturated rings. The average molecular weight is 484 g/mol. The van der Waals surface area contributed by atoms with Gasteiger partial charge >= 0.3 is 5.91 Å². The van der Waals surface area contributed by atoms with Gasteiger partial charge in [-0.3, -0.25) is 14.5 Å². The second kappa shape index (κ2) is 9.22. The highest BCUT2D eigenvalue weighted by Crippen LogP contribution is 2.42. The van der Waals surface area contributed by atoms with E-state index in [9.17, 15) is 19.8 Å². The van der Waals surface area contributed by atoms with Gasteiger partial charge in [-0.25, -0.2) is 4.98 Å². The van der Waals surface area contributed by atoms with E-state index in [0.717, 1.165) is 0 Å². The summed E-state index contributed by atoms with van der Waals surface area (Å²) in [5, 5.41) is 21.4. The maximum atomic E-state index is 13.3. The molecule has 0 aliphatic carbocycles. The molecule has 1 aromatic heterocycles. The molecule has 1 aliphatic heterocycles. The molecule has 4 aromatic rings. The van der Waals surface area contributed by atoms with E-state index in [1.54, 1.807) is 42.5 Å². The Balaban J connectivity index is 1.62. The number of phenols is 1. The van der Waals surface area contributed by atoms with Gasteiger partial charge in [0.05, 0.1) is 29.3 Å². The van der Waals surface area contributed by atoms with Crippen LogP contribution in [0.1, 0.15) is 31.0 Å². The molecule has 0 bridgehead atoms. The number of nitrogens with one attached hydrogen (secondary N) is 1. The predicted molar refractivity (Wildman–Crippen MR) is 136 cm³/mol. The van der Waals surface area contributed by atoms with Crippen LogP contribution < -0.4 is 9.64 Å². The number of carbonyl (C=O) groups excluding carboxylic acids is 2. The monoisotopic (exact) mass is 483 g/mol. The number of aromatic hydroxyl groups is 1. The van der Waals surface area contributed by atoms with E-state index in [4.69, 9.17) is 4.74 Å². The van der Waals surface area contributed by atoms with Gasteiger partial charge in [-0.1, -0.05) is 38.1 Å². The number of benzene rings is 3. The summed E-state index contributed by atoms with van der Waals surface area (Å²) in [6.45, 7) is 4.64. The zero-order chi connectivity index (χ0) is 25.4. The SMILES string of the molecule is CC(C)COc1ccc(/C(O)=C2\C(=O)C(=O)N(c3nc4ccccc4[nH]3)C2c2cccc(O)c2)cc1. The molecule has 2 heterocycles. The number of anilines is 1. The number of ether oxygens (including phenoxy) is 1. The van der Waals surface area contributed by atoms with E-state index in [1.807, 2.05) is 32.0 Å². The fourth-order valence-corrected chi connectivity index (χ4v) is 4.24. The maximum Gasteiger partial charge on any atom is 0.302 e. The Labute approximate surface area is 207 Å². The number of aromatic nitrogens is 2. The highest BCUT2D eigenvalue weighted by Gasteiger charge is 2.48. The Morgan fingerprint density at radius 3 is 2.50 bits per heavy atom. The van der Waals surface area contributed by atoms with Crippen LogP contribution in [0.4, 0.5) is 5.95 Å². The van der Waals surface area contributed by atoms with Gasteiger partial charge in [0.15, 0.2) is 0 Å². The van der Waals surface area contributed by atoms with Crippen LogP contribution in [0.3, 0.4) is 0 Å². The first-order chi connectivity index (χ1) is 17.3. The van der Waals surface area contributed by atoms with Crippen molar-refractivity contribution < 1.29 is 24.5 Å². The van der Waals surface area contributed by atoms with E-state index in [0.29, 0.717) is 40.4 Å². The van der Waals surface area contributed by atoms with E-state index >= 15 is 0 Å².